The molecule has 0 unspecified atom stereocenters. The molecule has 0 aliphatic carbocycles. The summed E-state index contributed by atoms with van der Waals surface area (Å²) in [5, 5.41) is 9.67. The number of nitrogens with one attached hydrogen (secondary N) is 3. The average Bonchev–Trinajstić information content (AvgIpc) is 2.83. The summed E-state index contributed by atoms with van der Waals surface area (Å²) < 4.78 is 0. The van der Waals surface area contributed by atoms with Crippen LogP contribution in [0.15, 0.2) is 42.5 Å². The Labute approximate surface area is 139 Å². The number of carbonyl (C=O) groups is 3. The molecule has 3 N–H and O–H groups in total. The molecule has 1 atom stereocenters. The van der Waals surface area contributed by atoms with Crippen molar-refractivity contribution in [1.82, 2.24) is 16.0 Å². The molecule has 4 amide bonds. The van der Waals surface area contributed by atoms with Gasteiger partial charge in [0.1, 0.15) is 6.04 Å². The summed E-state index contributed by atoms with van der Waals surface area (Å²) in [4.78, 5) is 35.0. The topological polar surface area (TPSA) is 87.3 Å². The summed E-state index contributed by atoms with van der Waals surface area (Å²) in [5.41, 5.74) is 0.380. The first-order valence-electron chi connectivity index (χ1n) is 7.77. The van der Waals surface area contributed by atoms with E-state index in [-0.39, 0.29) is 12.3 Å². The van der Waals surface area contributed by atoms with Gasteiger partial charge in [0.2, 0.25) is 5.91 Å². The lowest BCUT2D eigenvalue weighted by molar-refractivity contribution is -0.127. The highest BCUT2D eigenvalue weighted by molar-refractivity contribution is 6.05. The Hall–Kier alpha value is -2.89. The maximum atomic E-state index is 12.3. The number of urea groups is 1. The van der Waals surface area contributed by atoms with E-state index >= 15 is 0 Å². The lowest BCUT2D eigenvalue weighted by Crippen LogP contribution is -2.44. The number of hydrogen-bond donors (Lipinski definition) is 3. The maximum Gasteiger partial charge on any atom is 0.322 e. The molecule has 2 aromatic carbocycles. The molecule has 1 heterocycles. The maximum absolute atomic E-state index is 12.3. The zero-order valence-electron chi connectivity index (χ0n) is 13.6. The molecular formula is C18H19N3O3. The van der Waals surface area contributed by atoms with Gasteiger partial charge in [0.25, 0.3) is 5.91 Å². The molecule has 6 heteroatoms. The van der Waals surface area contributed by atoms with Gasteiger partial charge in [-0.05, 0) is 30.2 Å². The molecule has 3 rings (SSSR count). The fraction of sp³-hybridized carbons (Fsp3) is 0.278. The lowest BCUT2D eigenvalue weighted by atomic mass is 9.89. The minimum atomic E-state index is -0.819. The summed E-state index contributed by atoms with van der Waals surface area (Å²) >= 11 is 0. The van der Waals surface area contributed by atoms with Crippen molar-refractivity contribution >= 4 is 28.6 Å². The van der Waals surface area contributed by atoms with Crippen LogP contribution in [0.25, 0.3) is 10.8 Å². The second-order valence-electron chi connectivity index (χ2n) is 6.42. The van der Waals surface area contributed by atoms with Crippen molar-refractivity contribution < 1.29 is 14.4 Å². The Bertz CT molecular complexity index is 824. The third-order valence-electron chi connectivity index (χ3n) is 4.16. The second-order valence-corrected chi connectivity index (χ2v) is 6.42. The van der Waals surface area contributed by atoms with Crippen molar-refractivity contribution in [3.05, 3.63) is 48.0 Å². The van der Waals surface area contributed by atoms with E-state index in [1.807, 2.05) is 56.3 Å². The summed E-state index contributed by atoms with van der Waals surface area (Å²) in [6, 6.07) is 12.5. The van der Waals surface area contributed by atoms with Crippen LogP contribution in [0.2, 0.25) is 0 Å². The Balaban J connectivity index is 1.79. The van der Waals surface area contributed by atoms with Gasteiger partial charge in [0, 0.05) is 0 Å². The van der Waals surface area contributed by atoms with E-state index in [0.29, 0.717) is 0 Å². The number of imide groups is 1. The molecule has 6 nitrogen and oxygen atoms in total. The molecule has 24 heavy (non-hydrogen) atoms. The predicted octanol–water partition coefficient (Wildman–Crippen LogP) is 1.79. The molecule has 0 radical (unpaired) electrons. The van der Waals surface area contributed by atoms with Gasteiger partial charge in [-0.1, -0.05) is 42.5 Å². The van der Waals surface area contributed by atoms with E-state index in [9.17, 15) is 14.4 Å². The minimum absolute atomic E-state index is 0.0915. The van der Waals surface area contributed by atoms with E-state index in [0.717, 1.165) is 16.3 Å². The molecular weight excluding hydrogens is 306 g/mol. The first-order chi connectivity index (χ1) is 11.4. The van der Waals surface area contributed by atoms with Crippen LogP contribution in [0, 0.1) is 0 Å². The smallest absolute Gasteiger partial charge is 0.322 e. The predicted molar refractivity (Wildman–Crippen MR) is 90.2 cm³/mol. The van der Waals surface area contributed by atoms with Crippen molar-refractivity contribution in [3.63, 3.8) is 0 Å². The normalized spacial score (nSPS) is 17.5. The first-order valence-corrected chi connectivity index (χ1v) is 7.77. The van der Waals surface area contributed by atoms with Crippen molar-refractivity contribution in [3.8, 4) is 0 Å². The molecule has 0 aromatic heterocycles. The summed E-state index contributed by atoms with van der Waals surface area (Å²) in [5.74, 6) is -0.770. The summed E-state index contributed by atoms with van der Waals surface area (Å²) in [6.45, 7) is 3.83. The number of fused-ring (bicyclic) bond motifs is 1. The number of amides is 4. The van der Waals surface area contributed by atoms with Crippen LogP contribution in [0.4, 0.5) is 4.79 Å². The van der Waals surface area contributed by atoms with Crippen LogP contribution in [0.1, 0.15) is 25.8 Å². The molecule has 1 aliphatic rings. The zero-order chi connectivity index (χ0) is 17.3. The highest BCUT2D eigenvalue weighted by atomic mass is 16.2. The monoisotopic (exact) mass is 325 g/mol. The average molecular weight is 325 g/mol. The molecule has 1 aliphatic heterocycles. The highest BCUT2D eigenvalue weighted by Gasteiger charge is 2.33. The number of carbonyl (C=O) groups excluding carboxylic acids is 3. The summed E-state index contributed by atoms with van der Waals surface area (Å²) in [6.07, 6.45) is -0.0915. The molecule has 1 saturated heterocycles. The van der Waals surface area contributed by atoms with Crippen molar-refractivity contribution in [2.24, 2.45) is 0 Å². The third kappa shape index (κ3) is 3.08. The lowest BCUT2D eigenvalue weighted by Gasteiger charge is -2.28. The fourth-order valence-corrected chi connectivity index (χ4v) is 3.03. The van der Waals surface area contributed by atoms with Crippen molar-refractivity contribution in [2.75, 3.05) is 0 Å². The van der Waals surface area contributed by atoms with Gasteiger partial charge in [-0.2, -0.15) is 0 Å². The molecule has 0 bridgehead atoms. The van der Waals surface area contributed by atoms with Crippen LogP contribution < -0.4 is 16.0 Å². The van der Waals surface area contributed by atoms with Crippen LogP contribution >= 0.6 is 0 Å². The van der Waals surface area contributed by atoms with Crippen LogP contribution in [0.5, 0.6) is 0 Å². The Morgan fingerprint density at radius 1 is 1.12 bits per heavy atom. The quantitative estimate of drug-likeness (QED) is 0.749. The van der Waals surface area contributed by atoms with Gasteiger partial charge < -0.3 is 10.6 Å². The number of rotatable bonds is 4. The van der Waals surface area contributed by atoms with Gasteiger partial charge in [-0.15, -0.1) is 0 Å². The zero-order valence-corrected chi connectivity index (χ0v) is 13.6. The van der Waals surface area contributed by atoms with Crippen molar-refractivity contribution in [2.45, 2.75) is 31.8 Å². The molecule has 124 valence electrons. The van der Waals surface area contributed by atoms with Crippen LogP contribution in [-0.2, 0) is 15.1 Å². The standard InChI is InChI=1S/C18H19N3O3/c1-18(2,13-9-5-7-11-6-3-4-8-12(11)13)21-15(22)10-14-16(23)20-17(24)19-14/h3-9,14H,10H2,1-2H3,(H,21,22)(H2,19,20,23,24)/t14-/m0/s1. The molecule has 0 saturated carbocycles. The van der Waals surface area contributed by atoms with E-state index in [1.165, 1.54) is 0 Å². The Kier molecular flexibility index (Phi) is 3.97. The van der Waals surface area contributed by atoms with Gasteiger partial charge in [0.05, 0.1) is 12.0 Å². The SMILES string of the molecule is CC(C)(NC(=O)C[C@@H]1NC(=O)NC1=O)c1cccc2ccccc12. The van der Waals surface area contributed by atoms with Gasteiger partial charge in [-0.3, -0.25) is 14.9 Å². The molecule has 2 aromatic rings. The van der Waals surface area contributed by atoms with Crippen LogP contribution in [0.3, 0.4) is 0 Å². The third-order valence-corrected chi connectivity index (χ3v) is 4.16. The number of benzene rings is 2. The van der Waals surface area contributed by atoms with Gasteiger partial charge >= 0.3 is 6.03 Å². The largest absolute Gasteiger partial charge is 0.347 e. The molecule has 0 spiro atoms. The fourth-order valence-electron chi connectivity index (χ4n) is 3.03. The van der Waals surface area contributed by atoms with Crippen molar-refractivity contribution in [1.29, 1.82) is 0 Å². The van der Waals surface area contributed by atoms with E-state index in [2.05, 4.69) is 16.0 Å². The van der Waals surface area contributed by atoms with Gasteiger partial charge in [-0.25, -0.2) is 4.79 Å². The molecule has 1 fully saturated rings. The van der Waals surface area contributed by atoms with E-state index < -0.39 is 23.5 Å². The highest BCUT2D eigenvalue weighted by Crippen LogP contribution is 2.28. The van der Waals surface area contributed by atoms with Gasteiger partial charge in [0.15, 0.2) is 0 Å². The Morgan fingerprint density at radius 2 is 1.83 bits per heavy atom. The van der Waals surface area contributed by atoms with E-state index in [1.54, 1.807) is 0 Å². The minimum Gasteiger partial charge on any atom is -0.347 e. The van der Waals surface area contributed by atoms with Crippen LogP contribution in [-0.4, -0.2) is 23.9 Å². The number of hydrogen-bond acceptors (Lipinski definition) is 3. The second kappa shape index (κ2) is 5.96. The first kappa shape index (κ1) is 16.0. The van der Waals surface area contributed by atoms with E-state index in [4.69, 9.17) is 0 Å². The Morgan fingerprint density at radius 3 is 2.54 bits per heavy atom. The summed E-state index contributed by atoms with van der Waals surface area (Å²) in [7, 11) is 0.